The normalized spacial score (nSPS) is 15.9. The highest BCUT2D eigenvalue weighted by atomic mass is 35.5. The van der Waals surface area contributed by atoms with Crippen LogP contribution in [-0.2, 0) is 4.79 Å². The zero-order valence-corrected chi connectivity index (χ0v) is 7.77. The Kier molecular flexibility index (Phi) is 5.30. The van der Waals surface area contributed by atoms with E-state index >= 15 is 0 Å². The maximum Gasteiger partial charge on any atom is 0.321 e. The summed E-state index contributed by atoms with van der Waals surface area (Å²) in [5, 5.41) is 7.87. The summed E-state index contributed by atoms with van der Waals surface area (Å²) in [5.41, 5.74) is 0. The maximum atomic E-state index is 10.4. The Bertz CT molecular complexity index is 125. The zero-order valence-electron chi connectivity index (χ0n) is 7.01. The second-order valence-corrected chi connectivity index (χ2v) is 3.17. The van der Waals surface area contributed by atoms with Crippen molar-refractivity contribution < 1.29 is 9.90 Å². The molecule has 0 spiro atoms. The van der Waals surface area contributed by atoms with Crippen LogP contribution in [0.2, 0.25) is 0 Å². The van der Waals surface area contributed by atoms with Crippen LogP contribution < -0.4 is 0 Å². The highest BCUT2D eigenvalue weighted by Crippen LogP contribution is 2.20. The molecule has 11 heavy (non-hydrogen) atoms. The molecule has 0 aliphatic heterocycles. The molecule has 0 amide bonds. The van der Waals surface area contributed by atoms with Crippen molar-refractivity contribution in [1.29, 1.82) is 0 Å². The van der Waals surface area contributed by atoms with Gasteiger partial charge in [-0.25, -0.2) is 0 Å². The molecule has 0 aromatic carbocycles. The van der Waals surface area contributed by atoms with Crippen LogP contribution in [0.3, 0.4) is 0 Å². The number of rotatable bonds is 5. The van der Waals surface area contributed by atoms with E-state index in [-0.39, 0.29) is 5.92 Å². The molecular formula is C8H15ClO2. The van der Waals surface area contributed by atoms with E-state index in [0.717, 1.165) is 19.3 Å². The van der Waals surface area contributed by atoms with E-state index in [9.17, 15) is 4.79 Å². The van der Waals surface area contributed by atoms with Gasteiger partial charge < -0.3 is 5.11 Å². The lowest BCUT2D eigenvalue weighted by Gasteiger charge is -2.15. The van der Waals surface area contributed by atoms with Crippen molar-refractivity contribution in [2.75, 3.05) is 0 Å². The predicted octanol–water partition coefficient (Wildman–Crippen LogP) is 2.50. The van der Waals surface area contributed by atoms with Gasteiger partial charge in [0.15, 0.2) is 0 Å². The topological polar surface area (TPSA) is 37.3 Å². The molecule has 0 unspecified atom stereocenters. The molecular weight excluding hydrogens is 164 g/mol. The molecule has 0 saturated heterocycles. The van der Waals surface area contributed by atoms with Crippen LogP contribution in [0.15, 0.2) is 0 Å². The van der Waals surface area contributed by atoms with E-state index in [1.807, 2.05) is 13.8 Å². The summed E-state index contributed by atoms with van der Waals surface area (Å²) >= 11 is 5.66. The molecule has 0 bridgehead atoms. The predicted molar refractivity (Wildman–Crippen MR) is 46.0 cm³/mol. The Morgan fingerprint density at radius 1 is 1.55 bits per heavy atom. The van der Waals surface area contributed by atoms with Crippen molar-refractivity contribution >= 4 is 17.6 Å². The molecule has 66 valence electrons. The standard InChI is InChI=1S/C8H15ClO2/c1-3-5-6(4-2)7(9)8(10)11/h6-7H,3-5H2,1-2H3,(H,10,11)/t6-,7+/m0/s1. The lowest BCUT2D eigenvalue weighted by atomic mass is 9.97. The third-order valence-corrected chi connectivity index (χ3v) is 2.38. The van der Waals surface area contributed by atoms with Crippen LogP contribution in [0.5, 0.6) is 0 Å². The lowest BCUT2D eigenvalue weighted by Crippen LogP contribution is -2.23. The van der Waals surface area contributed by atoms with E-state index in [1.165, 1.54) is 0 Å². The minimum absolute atomic E-state index is 0.124. The van der Waals surface area contributed by atoms with E-state index in [1.54, 1.807) is 0 Å². The van der Waals surface area contributed by atoms with Crippen LogP contribution in [0.25, 0.3) is 0 Å². The minimum Gasteiger partial charge on any atom is -0.480 e. The number of alkyl halides is 1. The van der Waals surface area contributed by atoms with E-state index in [2.05, 4.69) is 0 Å². The highest BCUT2D eigenvalue weighted by Gasteiger charge is 2.22. The van der Waals surface area contributed by atoms with Gasteiger partial charge >= 0.3 is 5.97 Å². The zero-order chi connectivity index (χ0) is 8.85. The average molecular weight is 179 g/mol. The van der Waals surface area contributed by atoms with E-state index < -0.39 is 11.3 Å². The van der Waals surface area contributed by atoms with Gasteiger partial charge in [-0.05, 0) is 12.3 Å². The van der Waals surface area contributed by atoms with E-state index in [4.69, 9.17) is 16.7 Å². The Morgan fingerprint density at radius 3 is 2.36 bits per heavy atom. The summed E-state index contributed by atoms with van der Waals surface area (Å²) < 4.78 is 0. The number of hydrogen-bond donors (Lipinski definition) is 1. The van der Waals surface area contributed by atoms with Gasteiger partial charge in [-0.3, -0.25) is 4.79 Å². The summed E-state index contributed by atoms with van der Waals surface area (Å²) in [6.07, 6.45) is 2.74. The monoisotopic (exact) mass is 178 g/mol. The van der Waals surface area contributed by atoms with Gasteiger partial charge in [0.2, 0.25) is 0 Å². The fourth-order valence-electron chi connectivity index (χ4n) is 1.13. The van der Waals surface area contributed by atoms with Crippen molar-refractivity contribution in [1.82, 2.24) is 0 Å². The molecule has 3 heteroatoms. The first kappa shape index (κ1) is 10.8. The molecule has 0 heterocycles. The van der Waals surface area contributed by atoms with Crippen molar-refractivity contribution in [3.05, 3.63) is 0 Å². The third-order valence-electron chi connectivity index (χ3n) is 1.83. The molecule has 0 rings (SSSR count). The Hall–Kier alpha value is -0.240. The summed E-state index contributed by atoms with van der Waals surface area (Å²) in [6.45, 7) is 4.01. The van der Waals surface area contributed by atoms with Gasteiger partial charge in [0.05, 0.1) is 0 Å². The minimum atomic E-state index is -0.896. The SMILES string of the molecule is CCC[C@H](CC)[C@@H](Cl)C(=O)O. The summed E-state index contributed by atoms with van der Waals surface area (Å²) in [5.74, 6) is -0.772. The molecule has 0 saturated carbocycles. The first-order valence-corrected chi connectivity index (χ1v) is 4.44. The van der Waals surface area contributed by atoms with Gasteiger partial charge in [0.25, 0.3) is 0 Å². The molecule has 1 N–H and O–H groups in total. The molecule has 2 atom stereocenters. The average Bonchev–Trinajstić information content (AvgIpc) is 1.98. The van der Waals surface area contributed by atoms with Gasteiger partial charge in [-0.2, -0.15) is 0 Å². The van der Waals surface area contributed by atoms with Crippen LogP contribution >= 0.6 is 11.6 Å². The van der Waals surface area contributed by atoms with Crippen LogP contribution in [0, 0.1) is 5.92 Å². The van der Waals surface area contributed by atoms with E-state index in [0.29, 0.717) is 0 Å². The van der Waals surface area contributed by atoms with Crippen molar-refractivity contribution in [3.8, 4) is 0 Å². The molecule has 0 aromatic rings. The highest BCUT2D eigenvalue weighted by molar-refractivity contribution is 6.29. The largest absolute Gasteiger partial charge is 0.480 e. The van der Waals surface area contributed by atoms with Gasteiger partial charge in [0.1, 0.15) is 5.38 Å². The molecule has 0 aliphatic carbocycles. The van der Waals surface area contributed by atoms with Crippen molar-refractivity contribution in [2.24, 2.45) is 5.92 Å². The molecule has 0 radical (unpaired) electrons. The van der Waals surface area contributed by atoms with Crippen LogP contribution in [0.4, 0.5) is 0 Å². The molecule has 0 fully saturated rings. The Labute approximate surface area is 72.6 Å². The Balaban J connectivity index is 3.91. The molecule has 0 aliphatic rings. The number of hydrogen-bond acceptors (Lipinski definition) is 1. The van der Waals surface area contributed by atoms with Crippen molar-refractivity contribution in [3.63, 3.8) is 0 Å². The fraction of sp³-hybridized carbons (Fsp3) is 0.875. The summed E-state index contributed by atoms with van der Waals surface area (Å²) in [6, 6.07) is 0. The second-order valence-electron chi connectivity index (χ2n) is 2.70. The summed E-state index contributed by atoms with van der Waals surface area (Å²) in [7, 11) is 0. The van der Waals surface area contributed by atoms with Gasteiger partial charge in [0, 0.05) is 0 Å². The van der Waals surface area contributed by atoms with Crippen LogP contribution in [-0.4, -0.2) is 16.5 Å². The number of carboxylic acid groups (broad SMARTS) is 1. The van der Waals surface area contributed by atoms with Crippen molar-refractivity contribution in [2.45, 2.75) is 38.5 Å². The van der Waals surface area contributed by atoms with Crippen LogP contribution in [0.1, 0.15) is 33.1 Å². The van der Waals surface area contributed by atoms with Gasteiger partial charge in [-0.15, -0.1) is 11.6 Å². The quantitative estimate of drug-likeness (QED) is 0.657. The lowest BCUT2D eigenvalue weighted by molar-refractivity contribution is -0.137. The fourth-order valence-corrected chi connectivity index (χ4v) is 1.43. The first-order valence-electron chi connectivity index (χ1n) is 4.00. The number of aliphatic carboxylic acids is 1. The molecule has 2 nitrogen and oxygen atoms in total. The number of carbonyl (C=O) groups is 1. The smallest absolute Gasteiger partial charge is 0.321 e. The number of halogens is 1. The summed E-state index contributed by atoms with van der Waals surface area (Å²) in [4.78, 5) is 10.4. The Morgan fingerprint density at radius 2 is 2.09 bits per heavy atom. The number of carboxylic acids is 1. The second kappa shape index (κ2) is 5.42. The third kappa shape index (κ3) is 3.61. The maximum absolute atomic E-state index is 10.4. The molecule has 0 aromatic heterocycles. The first-order chi connectivity index (χ1) is 5.13. The van der Waals surface area contributed by atoms with Gasteiger partial charge in [-0.1, -0.05) is 26.7 Å².